The van der Waals surface area contributed by atoms with Crippen LogP contribution in [0.4, 0.5) is 13.2 Å². The summed E-state index contributed by atoms with van der Waals surface area (Å²) in [5, 5.41) is 7.52. The molecule has 5 nitrogen and oxygen atoms in total. The number of pyridine rings is 1. The summed E-state index contributed by atoms with van der Waals surface area (Å²) in [5.74, 6) is -0.149. The van der Waals surface area contributed by atoms with Gasteiger partial charge in [-0.25, -0.2) is 0 Å². The van der Waals surface area contributed by atoms with E-state index in [0.717, 1.165) is 0 Å². The van der Waals surface area contributed by atoms with Crippen LogP contribution in [-0.4, -0.2) is 35.3 Å². The highest BCUT2D eigenvalue weighted by Gasteiger charge is 2.30. The number of carbonyl (C=O) groups excluding carboxylic acids is 1. The van der Waals surface area contributed by atoms with Gasteiger partial charge >= 0.3 is 6.36 Å². The second kappa shape index (κ2) is 7.91. The van der Waals surface area contributed by atoms with Gasteiger partial charge in [-0.2, -0.15) is 0 Å². The molecule has 0 radical (unpaired) electrons. The van der Waals surface area contributed by atoms with E-state index in [-0.39, 0.29) is 11.6 Å². The number of fused-ring (bicyclic) bond motifs is 1. The van der Waals surface area contributed by atoms with Gasteiger partial charge in [0, 0.05) is 14.3 Å². The third-order valence-electron chi connectivity index (χ3n) is 2.96. The van der Waals surface area contributed by atoms with E-state index >= 15 is 0 Å². The summed E-state index contributed by atoms with van der Waals surface area (Å²) in [5.41, 5.74) is 1.87. The fourth-order valence-corrected chi connectivity index (χ4v) is 2.01. The molecule has 0 spiro atoms. The van der Waals surface area contributed by atoms with Gasteiger partial charge in [0.25, 0.3) is 0 Å². The van der Waals surface area contributed by atoms with Crippen molar-refractivity contribution in [3.05, 3.63) is 48.4 Å². The Morgan fingerprint density at radius 1 is 0.963 bits per heavy atom. The Labute approximate surface area is 155 Å². The molecule has 2 aromatic heterocycles. The van der Waals surface area contributed by atoms with Gasteiger partial charge in [0.2, 0.25) is 5.82 Å². The first kappa shape index (κ1) is 20.6. The molecule has 0 aliphatic heterocycles. The number of ether oxygens (including phenoxy) is 1. The number of carbonyl (C=O) groups is 1. The zero-order valence-corrected chi connectivity index (χ0v) is 16.4. The first-order valence-corrected chi connectivity index (χ1v) is 12.1. The lowest BCUT2D eigenvalue weighted by Gasteiger charge is -2.09. The summed E-state index contributed by atoms with van der Waals surface area (Å²) in [7, 11) is -0.611. The molecular weight excluding hydrogens is 375 g/mol. The fraction of sp³-hybridized carbons (Fsp3) is 0.278. The van der Waals surface area contributed by atoms with Crippen LogP contribution in [0, 0.1) is 0 Å². The zero-order valence-electron chi connectivity index (χ0n) is 15.4. The van der Waals surface area contributed by atoms with Crippen LogP contribution in [-0.2, 0) is 0 Å². The van der Waals surface area contributed by atoms with Crippen LogP contribution in [0.1, 0.15) is 10.6 Å². The predicted octanol–water partition coefficient (Wildman–Crippen LogP) is 5.06. The second-order valence-corrected chi connectivity index (χ2v) is 13.4. The molecule has 0 amide bonds. The van der Waals surface area contributed by atoms with Crippen molar-refractivity contribution in [3.63, 3.8) is 0 Å². The third kappa shape index (κ3) is 6.52. The molecule has 0 atom stereocenters. The SMILES string of the molecule is C[Si](C)(C)C.O=Cc1nnc2ccc(-c3ccc(OC(F)(F)F)cc3)cn12. The fourth-order valence-electron chi connectivity index (χ4n) is 2.01. The van der Waals surface area contributed by atoms with E-state index in [0.29, 0.717) is 23.1 Å². The minimum atomic E-state index is -4.72. The molecule has 1 aromatic carbocycles. The first-order valence-electron chi connectivity index (χ1n) is 8.12. The molecule has 0 bridgehead atoms. The first-order chi connectivity index (χ1) is 12.5. The van der Waals surface area contributed by atoms with Crippen LogP contribution in [0.3, 0.4) is 0 Å². The second-order valence-electron chi connectivity index (χ2n) is 7.39. The summed E-state index contributed by atoms with van der Waals surface area (Å²) in [6.07, 6.45) is -2.51. The van der Waals surface area contributed by atoms with Crippen molar-refractivity contribution in [1.82, 2.24) is 14.6 Å². The molecule has 2 heterocycles. The minimum Gasteiger partial charge on any atom is -0.406 e. The predicted molar refractivity (Wildman–Crippen MR) is 99.7 cm³/mol. The van der Waals surface area contributed by atoms with E-state index < -0.39 is 14.4 Å². The van der Waals surface area contributed by atoms with E-state index in [1.54, 1.807) is 18.3 Å². The molecule has 0 saturated heterocycles. The quantitative estimate of drug-likeness (QED) is 0.459. The Balaban J connectivity index is 0.000000465. The number of alkyl halides is 3. The van der Waals surface area contributed by atoms with Crippen LogP contribution in [0.2, 0.25) is 26.2 Å². The standard InChI is InChI=1S/C14H8F3N3O2.C4H12Si/c15-14(16,17)22-11-4-1-9(2-5-11)10-3-6-12-18-19-13(8-21)20(12)7-10;1-5(2,3)4/h1-8H;1-4H3. The van der Waals surface area contributed by atoms with Crippen molar-refractivity contribution in [2.75, 3.05) is 0 Å². The Bertz CT molecular complexity index is 910. The number of nitrogens with zero attached hydrogens (tertiary/aromatic N) is 3. The lowest BCUT2D eigenvalue weighted by molar-refractivity contribution is -0.274. The molecule has 0 saturated carbocycles. The van der Waals surface area contributed by atoms with Crippen LogP contribution in [0.25, 0.3) is 16.8 Å². The van der Waals surface area contributed by atoms with Gasteiger partial charge in [0.1, 0.15) is 5.75 Å². The van der Waals surface area contributed by atoms with Crippen molar-refractivity contribution >= 4 is 20.0 Å². The summed E-state index contributed by atoms with van der Waals surface area (Å²) >= 11 is 0. The maximum Gasteiger partial charge on any atom is 0.573 e. The largest absolute Gasteiger partial charge is 0.573 e. The monoisotopic (exact) mass is 395 g/mol. The number of hydrogen-bond donors (Lipinski definition) is 0. The maximum absolute atomic E-state index is 12.1. The Morgan fingerprint density at radius 3 is 2.04 bits per heavy atom. The van der Waals surface area contributed by atoms with E-state index in [1.807, 2.05) is 0 Å². The normalized spacial score (nSPS) is 11.7. The van der Waals surface area contributed by atoms with E-state index in [1.165, 1.54) is 28.7 Å². The van der Waals surface area contributed by atoms with E-state index in [9.17, 15) is 18.0 Å². The van der Waals surface area contributed by atoms with Crippen molar-refractivity contribution < 1.29 is 22.7 Å². The van der Waals surface area contributed by atoms with Crippen LogP contribution >= 0.6 is 0 Å². The summed E-state index contributed by atoms with van der Waals surface area (Å²) in [4.78, 5) is 10.9. The molecule has 3 rings (SSSR count). The number of rotatable bonds is 3. The molecule has 0 aliphatic rings. The Hall–Kier alpha value is -2.68. The average Bonchev–Trinajstić information content (AvgIpc) is 2.94. The van der Waals surface area contributed by atoms with Gasteiger partial charge in [-0.15, -0.1) is 23.4 Å². The summed E-state index contributed by atoms with van der Waals surface area (Å²) < 4.78 is 41.7. The van der Waals surface area contributed by atoms with Gasteiger partial charge in [-0.3, -0.25) is 9.20 Å². The van der Waals surface area contributed by atoms with E-state index in [2.05, 4.69) is 41.1 Å². The minimum absolute atomic E-state index is 0.147. The molecule has 0 unspecified atom stereocenters. The number of aromatic nitrogens is 3. The van der Waals surface area contributed by atoms with Crippen molar-refractivity contribution in [3.8, 4) is 16.9 Å². The van der Waals surface area contributed by atoms with E-state index in [4.69, 9.17) is 0 Å². The van der Waals surface area contributed by atoms with Gasteiger partial charge in [0.15, 0.2) is 11.9 Å². The van der Waals surface area contributed by atoms with Crippen molar-refractivity contribution in [2.45, 2.75) is 32.6 Å². The number of halogens is 3. The maximum atomic E-state index is 12.1. The number of benzene rings is 1. The zero-order chi connectivity index (χ0) is 20.2. The van der Waals surface area contributed by atoms with Crippen LogP contribution in [0.15, 0.2) is 42.6 Å². The molecule has 0 fully saturated rings. The van der Waals surface area contributed by atoms with Crippen molar-refractivity contribution in [1.29, 1.82) is 0 Å². The van der Waals surface area contributed by atoms with Crippen LogP contribution in [0.5, 0.6) is 5.75 Å². The van der Waals surface area contributed by atoms with Gasteiger partial charge < -0.3 is 4.74 Å². The number of hydrogen-bond acceptors (Lipinski definition) is 4. The third-order valence-corrected chi connectivity index (χ3v) is 2.96. The smallest absolute Gasteiger partial charge is 0.406 e. The van der Waals surface area contributed by atoms with Gasteiger partial charge in [-0.05, 0) is 35.4 Å². The molecular formula is C18H20F3N3O2Si. The summed E-state index contributed by atoms with van der Waals surface area (Å²) in [6.45, 7) is 9.31. The molecule has 144 valence electrons. The van der Waals surface area contributed by atoms with Gasteiger partial charge in [0.05, 0.1) is 0 Å². The average molecular weight is 395 g/mol. The molecule has 0 N–H and O–H groups in total. The highest BCUT2D eigenvalue weighted by molar-refractivity contribution is 6.74. The molecule has 3 aromatic rings. The lowest BCUT2D eigenvalue weighted by atomic mass is 10.1. The van der Waals surface area contributed by atoms with Crippen molar-refractivity contribution in [2.24, 2.45) is 0 Å². The molecule has 0 aliphatic carbocycles. The van der Waals surface area contributed by atoms with Gasteiger partial charge in [-0.1, -0.05) is 38.3 Å². The Kier molecular flexibility index (Phi) is 6.04. The highest BCUT2D eigenvalue weighted by Crippen LogP contribution is 2.26. The Morgan fingerprint density at radius 2 is 1.52 bits per heavy atom. The topological polar surface area (TPSA) is 56.5 Å². The highest BCUT2D eigenvalue weighted by atomic mass is 28.3. The lowest BCUT2D eigenvalue weighted by Crippen LogP contribution is -2.16. The van der Waals surface area contributed by atoms with Crippen LogP contribution < -0.4 is 4.74 Å². The summed E-state index contributed by atoms with van der Waals surface area (Å²) in [6, 6.07) is 8.83. The molecule has 27 heavy (non-hydrogen) atoms. The molecule has 9 heteroatoms. The number of aldehydes is 1.